The Balaban J connectivity index is 1.85. The average Bonchev–Trinajstić information content (AvgIpc) is 2.87. The highest BCUT2D eigenvalue weighted by Gasteiger charge is 2.31. The van der Waals surface area contributed by atoms with Gasteiger partial charge in [0.05, 0.1) is 16.7 Å². The number of nitrogens with zero attached hydrogens (tertiary/aromatic N) is 5. The molecule has 29 heavy (non-hydrogen) atoms. The number of fused-ring (bicyclic) bond motifs is 1. The minimum Gasteiger partial charge on any atom is -0.378 e. The Labute approximate surface area is 174 Å². The summed E-state index contributed by atoms with van der Waals surface area (Å²) < 4.78 is 1.66. The van der Waals surface area contributed by atoms with Crippen molar-refractivity contribution in [2.75, 3.05) is 30.1 Å². The van der Waals surface area contributed by atoms with Gasteiger partial charge in [-0.2, -0.15) is 9.78 Å². The fourth-order valence-electron chi connectivity index (χ4n) is 3.54. The van der Waals surface area contributed by atoms with Crippen molar-refractivity contribution in [2.45, 2.75) is 26.0 Å². The van der Waals surface area contributed by atoms with Crippen LogP contribution in [0.5, 0.6) is 0 Å². The molecule has 1 aromatic carbocycles. The molecule has 0 radical (unpaired) electrons. The van der Waals surface area contributed by atoms with E-state index in [4.69, 9.17) is 5.10 Å². The van der Waals surface area contributed by atoms with Gasteiger partial charge in [-0.15, -0.1) is 11.8 Å². The van der Waals surface area contributed by atoms with E-state index in [-0.39, 0.29) is 11.2 Å². The molecule has 4 rings (SSSR count). The summed E-state index contributed by atoms with van der Waals surface area (Å²) in [5.74, 6) is 1.46. The highest BCUT2D eigenvalue weighted by molar-refractivity contribution is 8.00. The Morgan fingerprint density at radius 3 is 2.38 bits per heavy atom. The van der Waals surface area contributed by atoms with Gasteiger partial charge in [-0.1, -0.05) is 12.1 Å². The van der Waals surface area contributed by atoms with Gasteiger partial charge in [0.2, 0.25) is 5.91 Å². The molecule has 1 amide bonds. The number of nitrogens with one attached hydrogen (secondary N) is 1. The zero-order valence-corrected chi connectivity index (χ0v) is 18.0. The highest BCUT2D eigenvalue weighted by Crippen LogP contribution is 2.43. The van der Waals surface area contributed by atoms with Crippen LogP contribution >= 0.6 is 11.8 Å². The second kappa shape index (κ2) is 7.51. The van der Waals surface area contributed by atoms with Crippen LogP contribution in [0.3, 0.4) is 0 Å². The number of benzene rings is 1. The number of hydrogen-bond donors (Lipinski definition) is 1. The number of thioether (sulfide) groups is 1. The van der Waals surface area contributed by atoms with Crippen molar-refractivity contribution in [3.05, 3.63) is 58.5 Å². The van der Waals surface area contributed by atoms with E-state index in [2.05, 4.69) is 44.5 Å². The maximum atomic E-state index is 12.5. The normalized spacial score (nSPS) is 16.2. The van der Waals surface area contributed by atoms with Gasteiger partial charge in [-0.05, 0) is 44.5 Å². The molecule has 8 heteroatoms. The minimum absolute atomic E-state index is 0.000168. The van der Waals surface area contributed by atoms with Gasteiger partial charge in [0.15, 0.2) is 0 Å². The van der Waals surface area contributed by atoms with E-state index in [1.807, 2.05) is 40.9 Å². The molecule has 3 heterocycles. The molecule has 1 N–H and O–H groups in total. The van der Waals surface area contributed by atoms with Crippen molar-refractivity contribution in [1.29, 1.82) is 0 Å². The lowest BCUT2D eigenvalue weighted by Crippen LogP contribution is -2.17. The Kier molecular flexibility index (Phi) is 5.04. The lowest BCUT2D eigenvalue weighted by Gasteiger charge is -2.18. The molecule has 3 aromatic rings. The Morgan fingerprint density at radius 2 is 1.76 bits per heavy atom. The van der Waals surface area contributed by atoms with Crippen molar-refractivity contribution >= 4 is 29.2 Å². The second-order valence-corrected chi connectivity index (χ2v) is 8.53. The maximum Gasteiger partial charge on any atom is 0.252 e. The molecule has 0 bridgehead atoms. The lowest BCUT2D eigenvalue weighted by atomic mass is 10.0. The number of anilines is 2. The Morgan fingerprint density at radius 1 is 1.10 bits per heavy atom. The number of carbonyl (C=O) groups excluding carboxylic acids is 1. The van der Waals surface area contributed by atoms with Crippen molar-refractivity contribution in [1.82, 2.24) is 19.7 Å². The van der Waals surface area contributed by atoms with Gasteiger partial charge in [-0.3, -0.25) is 4.79 Å². The van der Waals surface area contributed by atoms with Crippen LogP contribution in [-0.4, -0.2) is 45.5 Å². The first-order valence-corrected chi connectivity index (χ1v) is 10.5. The SMILES string of the molecule is Cc1cc(C)nc(-n2nc(C)c3c2NC(=O)CSC3c2ccc(N(C)C)cc2)n1. The van der Waals surface area contributed by atoms with Crippen LogP contribution in [0.15, 0.2) is 30.3 Å². The molecule has 0 spiro atoms. The van der Waals surface area contributed by atoms with Crippen LogP contribution in [0.25, 0.3) is 5.95 Å². The fourth-order valence-corrected chi connectivity index (χ4v) is 4.73. The van der Waals surface area contributed by atoms with E-state index in [9.17, 15) is 4.79 Å². The summed E-state index contributed by atoms with van der Waals surface area (Å²) in [6, 6.07) is 10.4. The standard InChI is InChI=1S/C21H24N6OS/c1-12-10-13(2)23-21(22-12)27-20-18(14(3)25-27)19(29-11-17(28)24-20)15-6-8-16(9-7-15)26(4)5/h6-10,19H,11H2,1-5H3,(H,24,28). The molecule has 0 aliphatic carbocycles. The molecule has 1 aliphatic rings. The molecule has 0 saturated carbocycles. The lowest BCUT2D eigenvalue weighted by molar-refractivity contribution is -0.113. The third-order valence-electron chi connectivity index (χ3n) is 4.88. The largest absolute Gasteiger partial charge is 0.378 e. The van der Waals surface area contributed by atoms with Gasteiger partial charge in [-0.25, -0.2) is 9.97 Å². The predicted molar refractivity (Wildman–Crippen MR) is 117 cm³/mol. The maximum absolute atomic E-state index is 12.5. The third kappa shape index (κ3) is 3.72. The van der Waals surface area contributed by atoms with Crippen molar-refractivity contribution in [3.8, 4) is 5.95 Å². The van der Waals surface area contributed by atoms with Gasteiger partial charge in [0.25, 0.3) is 5.95 Å². The molecule has 1 atom stereocenters. The van der Waals surface area contributed by atoms with Crippen LogP contribution in [0.1, 0.15) is 33.5 Å². The summed E-state index contributed by atoms with van der Waals surface area (Å²) in [5, 5.41) is 7.73. The van der Waals surface area contributed by atoms with E-state index in [0.717, 1.165) is 33.9 Å². The molecule has 1 unspecified atom stereocenters. The van der Waals surface area contributed by atoms with Crippen LogP contribution in [0, 0.1) is 20.8 Å². The van der Waals surface area contributed by atoms with Crippen molar-refractivity contribution in [2.24, 2.45) is 0 Å². The summed E-state index contributed by atoms with van der Waals surface area (Å²) in [5.41, 5.74) is 5.86. The summed E-state index contributed by atoms with van der Waals surface area (Å²) in [6.45, 7) is 5.82. The quantitative estimate of drug-likeness (QED) is 0.716. The molecule has 0 saturated heterocycles. The van der Waals surface area contributed by atoms with E-state index in [0.29, 0.717) is 17.5 Å². The molecular formula is C21H24N6OS. The minimum atomic E-state index is -0.0470. The van der Waals surface area contributed by atoms with E-state index < -0.39 is 0 Å². The first-order valence-electron chi connectivity index (χ1n) is 9.44. The molecule has 1 aliphatic heterocycles. The van der Waals surface area contributed by atoms with Gasteiger partial charge in [0, 0.05) is 36.7 Å². The number of rotatable bonds is 3. The third-order valence-corrected chi connectivity index (χ3v) is 6.15. The Bertz CT molecular complexity index is 1050. The number of carbonyl (C=O) groups is 1. The highest BCUT2D eigenvalue weighted by atomic mass is 32.2. The van der Waals surface area contributed by atoms with Crippen molar-refractivity contribution in [3.63, 3.8) is 0 Å². The van der Waals surface area contributed by atoms with Gasteiger partial charge >= 0.3 is 0 Å². The smallest absolute Gasteiger partial charge is 0.252 e. The fraction of sp³-hybridized carbons (Fsp3) is 0.333. The van der Waals surface area contributed by atoms with Crippen molar-refractivity contribution < 1.29 is 4.79 Å². The van der Waals surface area contributed by atoms with Crippen LogP contribution in [-0.2, 0) is 4.79 Å². The zero-order chi connectivity index (χ0) is 20.7. The second-order valence-electron chi connectivity index (χ2n) is 7.44. The average molecular weight is 409 g/mol. The first kappa shape index (κ1) is 19.4. The van der Waals surface area contributed by atoms with Crippen LogP contribution < -0.4 is 10.2 Å². The number of aromatic nitrogens is 4. The number of hydrogen-bond acceptors (Lipinski definition) is 6. The van der Waals surface area contributed by atoms with E-state index in [1.54, 1.807) is 16.4 Å². The van der Waals surface area contributed by atoms with E-state index >= 15 is 0 Å². The molecule has 7 nitrogen and oxygen atoms in total. The summed E-state index contributed by atoms with van der Waals surface area (Å²) in [6.07, 6.45) is 0. The van der Waals surface area contributed by atoms with Gasteiger partial charge in [0.1, 0.15) is 5.82 Å². The summed E-state index contributed by atoms with van der Waals surface area (Å²) in [4.78, 5) is 23.6. The van der Waals surface area contributed by atoms with Crippen LogP contribution in [0.2, 0.25) is 0 Å². The monoisotopic (exact) mass is 408 g/mol. The predicted octanol–water partition coefficient (Wildman–Crippen LogP) is 3.43. The van der Waals surface area contributed by atoms with E-state index in [1.165, 1.54) is 0 Å². The molecule has 150 valence electrons. The number of aryl methyl sites for hydroxylation is 3. The Hall–Kier alpha value is -2.87. The zero-order valence-electron chi connectivity index (χ0n) is 17.2. The number of amides is 1. The van der Waals surface area contributed by atoms with Gasteiger partial charge < -0.3 is 10.2 Å². The first-order chi connectivity index (χ1) is 13.8. The van der Waals surface area contributed by atoms with Crippen LogP contribution in [0.4, 0.5) is 11.5 Å². The summed E-state index contributed by atoms with van der Waals surface area (Å²) in [7, 11) is 4.04. The molecule has 0 fully saturated rings. The molecular weight excluding hydrogens is 384 g/mol. The molecule has 2 aromatic heterocycles. The summed E-state index contributed by atoms with van der Waals surface area (Å²) >= 11 is 1.61. The topological polar surface area (TPSA) is 75.9 Å².